The maximum absolute atomic E-state index is 13.3. The lowest BCUT2D eigenvalue weighted by Gasteiger charge is -2.27. The molecule has 1 saturated heterocycles. The maximum Gasteiger partial charge on any atom is 0.325 e. The zero-order chi connectivity index (χ0) is 28.7. The summed E-state index contributed by atoms with van der Waals surface area (Å²) >= 11 is 8.34. The second kappa shape index (κ2) is 13.9. The van der Waals surface area contributed by atoms with Crippen molar-refractivity contribution in [2.24, 2.45) is 5.92 Å². The van der Waals surface area contributed by atoms with Crippen LogP contribution < -0.4 is 15.4 Å². The van der Waals surface area contributed by atoms with E-state index in [4.69, 9.17) is 26.6 Å². The molecule has 5 amide bonds. The van der Waals surface area contributed by atoms with Crippen LogP contribution in [0.2, 0.25) is 5.02 Å². The summed E-state index contributed by atoms with van der Waals surface area (Å²) in [6, 6.07) is 8.63. The molecule has 1 heterocycles. The number of halogens is 2. The highest BCUT2D eigenvalue weighted by Crippen LogP contribution is 2.29. The van der Waals surface area contributed by atoms with Crippen LogP contribution in [0.4, 0.5) is 10.5 Å². The van der Waals surface area contributed by atoms with Gasteiger partial charge in [-0.25, -0.2) is 9.69 Å². The minimum absolute atomic E-state index is 0.0782. The Kier molecular flexibility index (Phi) is 10.9. The molecule has 1 aliphatic rings. The van der Waals surface area contributed by atoms with E-state index >= 15 is 0 Å². The Labute approximate surface area is 244 Å². The molecule has 11 nitrogen and oxygen atoms in total. The third kappa shape index (κ3) is 7.59. The lowest BCUT2D eigenvalue weighted by molar-refractivity contribution is -0.135. The van der Waals surface area contributed by atoms with E-state index in [-0.39, 0.29) is 38.8 Å². The number of benzene rings is 2. The van der Waals surface area contributed by atoms with Gasteiger partial charge in [-0.2, -0.15) is 0 Å². The third-order valence-corrected chi connectivity index (χ3v) is 6.99. The third-order valence-electron chi connectivity index (χ3n) is 6.01. The van der Waals surface area contributed by atoms with Crippen LogP contribution in [0.25, 0.3) is 0 Å². The van der Waals surface area contributed by atoms with Crippen molar-refractivity contribution in [2.75, 3.05) is 38.2 Å². The van der Waals surface area contributed by atoms with E-state index in [9.17, 15) is 19.2 Å². The van der Waals surface area contributed by atoms with Gasteiger partial charge >= 0.3 is 6.03 Å². The fourth-order valence-electron chi connectivity index (χ4n) is 4.09. The van der Waals surface area contributed by atoms with Gasteiger partial charge in [-0.1, -0.05) is 37.6 Å². The summed E-state index contributed by atoms with van der Waals surface area (Å²) in [5.74, 6) is -1.55. The van der Waals surface area contributed by atoms with Gasteiger partial charge in [0.1, 0.15) is 17.8 Å². The molecule has 13 heteroatoms. The largest absolute Gasteiger partial charge is 0.484 e. The number of anilines is 1. The number of carbonyl (C=O) groups is 4. The van der Waals surface area contributed by atoms with Gasteiger partial charge in [-0.05, 0) is 64.4 Å². The Morgan fingerprint density at radius 3 is 2.33 bits per heavy atom. The van der Waals surface area contributed by atoms with Gasteiger partial charge in [0.25, 0.3) is 11.8 Å². The number of carbonyl (C=O) groups excluding carboxylic acids is 4. The fraction of sp³-hybridized carbons (Fsp3) is 0.385. The van der Waals surface area contributed by atoms with Crippen LogP contribution in [0.5, 0.6) is 5.75 Å². The number of nitrogens with one attached hydrogen (secondary N) is 2. The molecule has 0 aliphatic carbocycles. The number of hydrogen-bond donors (Lipinski definition) is 4. The quantitative estimate of drug-likeness (QED) is 0.200. The molecule has 0 spiro atoms. The minimum Gasteiger partial charge on any atom is -0.484 e. The van der Waals surface area contributed by atoms with Gasteiger partial charge in [-0.3, -0.25) is 14.4 Å². The van der Waals surface area contributed by atoms with Gasteiger partial charge < -0.3 is 30.5 Å². The highest BCUT2D eigenvalue weighted by molar-refractivity contribution is 14.1. The molecule has 210 valence electrons. The first-order valence-electron chi connectivity index (χ1n) is 12.2. The maximum atomic E-state index is 13.3. The highest BCUT2D eigenvalue weighted by atomic mass is 127. The molecule has 1 aliphatic heterocycles. The topological polar surface area (TPSA) is 149 Å². The van der Waals surface area contributed by atoms with Crippen LogP contribution in [-0.2, 0) is 14.4 Å². The average molecular weight is 673 g/mol. The monoisotopic (exact) mass is 672 g/mol. The van der Waals surface area contributed by atoms with Crippen molar-refractivity contribution in [3.05, 3.63) is 56.6 Å². The van der Waals surface area contributed by atoms with Crippen LogP contribution in [0, 0.1) is 9.49 Å². The number of urea groups is 1. The summed E-state index contributed by atoms with van der Waals surface area (Å²) in [6.07, 6.45) is 0. The zero-order valence-corrected chi connectivity index (χ0v) is 24.3. The van der Waals surface area contributed by atoms with Crippen molar-refractivity contribution in [2.45, 2.75) is 25.9 Å². The summed E-state index contributed by atoms with van der Waals surface area (Å²) in [6.45, 7) is 2.85. The molecule has 2 aromatic rings. The predicted octanol–water partition coefficient (Wildman–Crippen LogP) is 2.39. The van der Waals surface area contributed by atoms with E-state index < -0.39 is 35.8 Å². The SMILES string of the molecule is CC(C)C(C(=O)Nc1ccc(I)cc1Cl)N1C(=O)NC(c2ccc(OCC(=O)N(CCO)CCO)cc2)C1=O. The van der Waals surface area contributed by atoms with Crippen LogP contribution in [0.3, 0.4) is 0 Å². The van der Waals surface area contributed by atoms with E-state index in [2.05, 4.69) is 33.2 Å². The standard InChI is InChI=1S/C26H30ClIN4O7/c1-15(2)23(24(36)29-20-8-5-17(28)13-19(20)27)32-25(37)22(30-26(32)38)16-3-6-18(7-4-16)39-14-21(35)31(9-11-33)10-12-34/h3-8,13,15,22-23,33-34H,9-12,14H2,1-2H3,(H,29,36)(H,30,38). The lowest BCUT2D eigenvalue weighted by atomic mass is 10.0. The summed E-state index contributed by atoms with van der Waals surface area (Å²) < 4.78 is 6.39. The second-order valence-electron chi connectivity index (χ2n) is 9.08. The number of nitrogens with zero attached hydrogens (tertiary/aromatic N) is 2. The molecule has 0 bridgehead atoms. The normalized spacial score (nSPS) is 15.8. The van der Waals surface area contributed by atoms with Crippen molar-refractivity contribution in [3.63, 3.8) is 0 Å². The molecular weight excluding hydrogens is 643 g/mol. The van der Waals surface area contributed by atoms with Crippen LogP contribution in [0.15, 0.2) is 42.5 Å². The van der Waals surface area contributed by atoms with Crippen LogP contribution in [0.1, 0.15) is 25.5 Å². The molecule has 2 atom stereocenters. The van der Waals surface area contributed by atoms with Gasteiger partial charge in [0, 0.05) is 16.7 Å². The number of rotatable bonds is 12. The van der Waals surface area contributed by atoms with Crippen molar-refractivity contribution >= 4 is 63.6 Å². The number of aliphatic hydroxyl groups is 2. The molecule has 4 N–H and O–H groups in total. The Morgan fingerprint density at radius 2 is 1.77 bits per heavy atom. The number of amides is 5. The number of ether oxygens (including phenoxy) is 1. The van der Waals surface area contributed by atoms with Gasteiger partial charge in [0.15, 0.2) is 6.61 Å². The molecule has 3 rings (SSSR count). The van der Waals surface area contributed by atoms with E-state index in [0.29, 0.717) is 22.0 Å². The minimum atomic E-state index is -1.08. The smallest absolute Gasteiger partial charge is 0.325 e. The number of imide groups is 1. The molecule has 0 radical (unpaired) electrons. The van der Waals surface area contributed by atoms with E-state index in [0.717, 1.165) is 8.47 Å². The van der Waals surface area contributed by atoms with Crippen molar-refractivity contribution in [3.8, 4) is 5.75 Å². The Morgan fingerprint density at radius 1 is 1.13 bits per heavy atom. The Bertz CT molecular complexity index is 1210. The lowest BCUT2D eigenvalue weighted by Crippen LogP contribution is -2.50. The van der Waals surface area contributed by atoms with Crippen molar-refractivity contribution < 1.29 is 34.1 Å². The summed E-state index contributed by atoms with van der Waals surface area (Å²) in [4.78, 5) is 53.9. The molecular formula is C26H30ClIN4O7. The summed E-state index contributed by atoms with van der Waals surface area (Å²) in [7, 11) is 0. The van der Waals surface area contributed by atoms with Crippen molar-refractivity contribution in [1.29, 1.82) is 0 Å². The molecule has 0 aromatic heterocycles. The average Bonchev–Trinajstić information content (AvgIpc) is 3.18. The second-order valence-corrected chi connectivity index (χ2v) is 10.7. The number of aliphatic hydroxyl groups excluding tert-OH is 2. The first kappa shape index (κ1) is 30.6. The molecule has 2 unspecified atom stereocenters. The first-order chi connectivity index (χ1) is 18.6. The molecule has 1 fully saturated rings. The Balaban J connectivity index is 1.69. The number of hydrogen-bond acceptors (Lipinski definition) is 7. The van der Waals surface area contributed by atoms with E-state index in [1.807, 2.05) is 0 Å². The highest BCUT2D eigenvalue weighted by Gasteiger charge is 2.46. The van der Waals surface area contributed by atoms with Gasteiger partial charge in [-0.15, -0.1) is 0 Å². The fourth-order valence-corrected chi connectivity index (χ4v) is 5.00. The van der Waals surface area contributed by atoms with Crippen LogP contribution >= 0.6 is 34.2 Å². The summed E-state index contributed by atoms with van der Waals surface area (Å²) in [5.41, 5.74) is 0.849. The Hall–Kier alpha value is -2.94. The zero-order valence-electron chi connectivity index (χ0n) is 21.4. The molecule has 0 saturated carbocycles. The van der Waals surface area contributed by atoms with Crippen LogP contribution in [-0.4, -0.2) is 82.7 Å². The van der Waals surface area contributed by atoms with Gasteiger partial charge in [0.2, 0.25) is 5.91 Å². The van der Waals surface area contributed by atoms with E-state index in [1.54, 1.807) is 56.3 Å². The summed E-state index contributed by atoms with van der Waals surface area (Å²) in [5, 5.41) is 23.8. The van der Waals surface area contributed by atoms with Gasteiger partial charge in [0.05, 0.1) is 23.9 Å². The van der Waals surface area contributed by atoms with Crippen molar-refractivity contribution in [1.82, 2.24) is 15.1 Å². The molecule has 39 heavy (non-hydrogen) atoms. The predicted molar refractivity (Wildman–Crippen MR) is 152 cm³/mol. The molecule has 2 aromatic carbocycles. The van der Waals surface area contributed by atoms with E-state index in [1.165, 1.54) is 4.90 Å². The first-order valence-corrected chi connectivity index (χ1v) is 13.6.